The first-order valence-electron chi connectivity index (χ1n) is 13.8. The van der Waals surface area contributed by atoms with E-state index in [1.54, 1.807) is 42.3 Å². The van der Waals surface area contributed by atoms with Crippen LogP contribution in [0, 0.1) is 17.6 Å². The fourth-order valence-electron chi connectivity index (χ4n) is 6.25. The van der Waals surface area contributed by atoms with Crippen LogP contribution in [0.25, 0.3) is 0 Å². The second-order valence-electron chi connectivity index (χ2n) is 11.3. The molecule has 0 unspecified atom stereocenters. The molecule has 3 aromatic rings. The molecule has 2 fully saturated rings. The summed E-state index contributed by atoms with van der Waals surface area (Å²) in [6.07, 6.45) is 2.33. The zero-order valence-electron chi connectivity index (χ0n) is 23.1. The second kappa shape index (κ2) is 12.1. The van der Waals surface area contributed by atoms with Gasteiger partial charge >= 0.3 is 0 Å². The summed E-state index contributed by atoms with van der Waals surface area (Å²) in [5, 5.41) is 3.68. The van der Waals surface area contributed by atoms with Crippen LogP contribution in [0.15, 0.2) is 60.7 Å². The Bertz CT molecular complexity index is 1440. The van der Waals surface area contributed by atoms with E-state index >= 15 is 0 Å². The minimum Gasteiger partial charge on any atom is -0.341 e. The van der Waals surface area contributed by atoms with Crippen LogP contribution >= 0.6 is 23.2 Å². The highest BCUT2D eigenvalue weighted by molar-refractivity contribution is 6.42. The molecule has 41 heavy (non-hydrogen) atoms. The maximum Gasteiger partial charge on any atom is 0.233 e. The lowest BCUT2D eigenvalue weighted by Crippen LogP contribution is -2.40. The van der Waals surface area contributed by atoms with Gasteiger partial charge < -0.3 is 15.1 Å². The molecule has 1 saturated carbocycles. The molecule has 0 radical (unpaired) electrons. The zero-order valence-corrected chi connectivity index (χ0v) is 24.6. The summed E-state index contributed by atoms with van der Waals surface area (Å²) >= 11 is 12.6. The predicted molar refractivity (Wildman–Crippen MR) is 158 cm³/mol. The standard InChI is InChI=1S/C32H33Cl2F2N3O2/c1-20(40)37-30-10-8-26(36)16-27(30)22-11-13-39(14-12-22)19-24-17-32(24,23-5-9-28(33)29(34)15-23)31(41)38(2)18-21-3-6-25(35)7-4-21/h3-10,15-16,22,24H,11-14,17-19H2,1-2H3,(H,37,40)/t24-,32+/m0/s1. The first-order valence-corrected chi connectivity index (χ1v) is 14.6. The number of hydrogen-bond donors (Lipinski definition) is 1. The summed E-state index contributed by atoms with van der Waals surface area (Å²) in [7, 11) is 1.78. The van der Waals surface area contributed by atoms with Gasteiger partial charge in [-0.05, 0) is 103 Å². The van der Waals surface area contributed by atoms with Crippen LogP contribution in [0.5, 0.6) is 0 Å². The molecule has 2 atom stereocenters. The van der Waals surface area contributed by atoms with Crippen LogP contribution in [0.2, 0.25) is 10.0 Å². The topological polar surface area (TPSA) is 52.7 Å². The van der Waals surface area contributed by atoms with Gasteiger partial charge in [0.15, 0.2) is 0 Å². The fourth-order valence-corrected chi connectivity index (χ4v) is 6.55. The van der Waals surface area contributed by atoms with Crippen molar-refractivity contribution < 1.29 is 18.4 Å². The molecule has 9 heteroatoms. The highest BCUT2D eigenvalue weighted by Crippen LogP contribution is 2.56. The summed E-state index contributed by atoms with van der Waals surface area (Å²) in [4.78, 5) is 29.8. The highest BCUT2D eigenvalue weighted by atomic mass is 35.5. The summed E-state index contributed by atoms with van der Waals surface area (Å²) in [6.45, 7) is 4.15. The molecule has 2 aliphatic rings. The van der Waals surface area contributed by atoms with Crippen LogP contribution in [0.4, 0.5) is 14.5 Å². The molecule has 5 nitrogen and oxygen atoms in total. The summed E-state index contributed by atoms with van der Waals surface area (Å²) in [6, 6.07) is 16.1. The Balaban J connectivity index is 1.30. The minimum atomic E-state index is -0.721. The van der Waals surface area contributed by atoms with Gasteiger partial charge in [0.1, 0.15) is 11.6 Å². The number of nitrogens with zero attached hydrogens (tertiary/aromatic N) is 2. The molecule has 3 aromatic carbocycles. The van der Waals surface area contributed by atoms with Gasteiger partial charge in [-0.3, -0.25) is 9.59 Å². The molecule has 1 aliphatic carbocycles. The molecule has 0 aromatic heterocycles. The van der Waals surface area contributed by atoms with Crippen molar-refractivity contribution in [2.45, 2.75) is 44.1 Å². The molecule has 0 spiro atoms. The summed E-state index contributed by atoms with van der Waals surface area (Å²) in [5.41, 5.74) is 2.47. The largest absolute Gasteiger partial charge is 0.341 e. The first kappa shape index (κ1) is 29.5. The number of nitrogens with one attached hydrogen (secondary N) is 1. The van der Waals surface area contributed by atoms with Crippen molar-refractivity contribution >= 4 is 40.7 Å². The van der Waals surface area contributed by atoms with Gasteiger partial charge in [-0.15, -0.1) is 0 Å². The average molecular weight is 601 g/mol. The van der Waals surface area contributed by atoms with Crippen molar-refractivity contribution in [2.24, 2.45) is 5.92 Å². The minimum absolute atomic E-state index is 0.000176. The van der Waals surface area contributed by atoms with Gasteiger partial charge in [0.05, 0.1) is 15.5 Å². The lowest BCUT2D eigenvalue weighted by atomic mass is 9.87. The number of benzene rings is 3. The smallest absolute Gasteiger partial charge is 0.233 e. The van der Waals surface area contributed by atoms with Crippen molar-refractivity contribution in [3.63, 3.8) is 0 Å². The number of anilines is 1. The molecule has 1 aliphatic heterocycles. The number of amides is 2. The van der Waals surface area contributed by atoms with E-state index in [0.717, 1.165) is 49.2 Å². The number of hydrogen-bond acceptors (Lipinski definition) is 3. The van der Waals surface area contributed by atoms with E-state index in [1.807, 2.05) is 6.07 Å². The molecule has 0 bridgehead atoms. The maximum absolute atomic E-state index is 14.1. The van der Waals surface area contributed by atoms with Crippen LogP contribution in [-0.4, -0.2) is 48.3 Å². The van der Waals surface area contributed by atoms with E-state index in [4.69, 9.17) is 23.2 Å². The molecule has 216 valence electrons. The van der Waals surface area contributed by atoms with Crippen LogP contribution in [-0.2, 0) is 21.5 Å². The van der Waals surface area contributed by atoms with Crippen molar-refractivity contribution in [1.82, 2.24) is 9.80 Å². The third-order valence-corrected chi connectivity index (χ3v) is 9.17. The van der Waals surface area contributed by atoms with Gasteiger partial charge in [0.25, 0.3) is 0 Å². The number of carbonyl (C=O) groups excluding carboxylic acids is 2. The lowest BCUT2D eigenvalue weighted by molar-refractivity contribution is -0.133. The quantitative estimate of drug-likeness (QED) is 0.302. The second-order valence-corrected chi connectivity index (χ2v) is 12.1. The molecule has 1 saturated heterocycles. The number of likely N-dealkylation sites (tertiary alicyclic amines) is 1. The molecule has 1 N–H and O–H groups in total. The third-order valence-electron chi connectivity index (χ3n) is 8.43. The molecule has 2 amide bonds. The molecular weight excluding hydrogens is 567 g/mol. The number of piperidine rings is 1. The Morgan fingerprint density at radius 1 is 0.976 bits per heavy atom. The van der Waals surface area contributed by atoms with Crippen molar-refractivity contribution in [2.75, 3.05) is 32.0 Å². The van der Waals surface area contributed by atoms with Crippen molar-refractivity contribution in [3.8, 4) is 0 Å². The SMILES string of the molecule is CC(=O)Nc1ccc(F)cc1C1CCN(C[C@@H]2C[C@@]2(C(=O)N(C)Cc2ccc(F)cc2)c2ccc(Cl)c(Cl)c2)CC1. The van der Waals surface area contributed by atoms with Crippen molar-refractivity contribution in [1.29, 1.82) is 0 Å². The van der Waals surface area contributed by atoms with Crippen LogP contribution in [0.3, 0.4) is 0 Å². The number of likely N-dealkylation sites (N-methyl/N-ethyl adjacent to an activating group) is 1. The van der Waals surface area contributed by atoms with Crippen LogP contribution < -0.4 is 5.32 Å². The predicted octanol–water partition coefficient (Wildman–Crippen LogP) is 7.03. The van der Waals surface area contributed by atoms with Gasteiger partial charge in [-0.1, -0.05) is 41.4 Å². The van der Waals surface area contributed by atoms with Gasteiger partial charge in [0, 0.05) is 32.7 Å². The van der Waals surface area contributed by atoms with Gasteiger partial charge in [0.2, 0.25) is 11.8 Å². The normalized spacial score (nSPS) is 21.0. The number of halogens is 4. The third kappa shape index (κ3) is 6.42. The summed E-state index contributed by atoms with van der Waals surface area (Å²) < 4.78 is 27.5. The Hall–Kier alpha value is -3.00. The maximum atomic E-state index is 14.1. The number of carbonyl (C=O) groups is 2. The zero-order chi connectivity index (χ0) is 29.3. The lowest BCUT2D eigenvalue weighted by Gasteiger charge is -2.34. The van der Waals surface area contributed by atoms with E-state index in [0.29, 0.717) is 28.7 Å². The summed E-state index contributed by atoms with van der Waals surface area (Å²) in [5.74, 6) is -0.597. The van der Waals surface area contributed by atoms with E-state index in [9.17, 15) is 18.4 Å². The van der Waals surface area contributed by atoms with Crippen molar-refractivity contribution in [3.05, 3.63) is 99.0 Å². The highest BCUT2D eigenvalue weighted by Gasteiger charge is 2.62. The molecule has 1 heterocycles. The van der Waals surface area contributed by atoms with Gasteiger partial charge in [-0.2, -0.15) is 0 Å². The van der Waals surface area contributed by atoms with Gasteiger partial charge in [-0.25, -0.2) is 8.78 Å². The van der Waals surface area contributed by atoms with E-state index in [-0.39, 0.29) is 35.3 Å². The number of rotatable bonds is 8. The first-order chi connectivity index (χ1) is 19.6. The Labute approximate surface area is 249 Å². The molecule has 5 rings (SSSR count). The fraction of sp³-hybridized carbons (Fsp3) is 0.375. The Morgan fingerprint density at radius 3 is 2.32 bits per heavy atom. The van der Waals surface area contributed by atoms with E-state index < -0.39 is 5.41 Å². The van der Waals surface area contributed by atoms with E-state index in [1.165, 1.54) is 31.2 Å². The molecular formula is C32H33Cl2F2N3O2. The van der Waals surface area contributed by atoms with Crippen LogP contribution in [0.1, 0.15) is 48.8 Å². The average Bonchev–Trinajstić information content (AvgIpc) is 3.66. The Morgan fingerprint density at radius 2 is 1.66 bits per heavy atom. The monoisotopic (exact) mass is 599 g/mol. The Kier molecular flexibility index (Phi) is 8.69. The van der Waals surface area contributed by atoms with E-state index in [2.05, 4.69) is 10.2 Å².